The summed E-state index contributed by atoms with van der Waals surface area (Å²) in [5, 5.41) is 5.88. The minimum Gasteiger partial charge on any atom is -0.326 e. The highest BCUT2D eigenvalue weighted by atomic mass is 35.5. The Morgan fingerprint density at radius 1 is 1.37 bits per heavy atom. The number of carbonyl (C=O) groups excluding carboxylic acids is 1. The lowest BCUT2D eigenvalue weighted by Gasteiger charge is -2.27. The van der Waals surface area contributed by atoms with Gasteiger partial charge in [-0.15, -0.1) is 12.4 Å². The Bertz CT molecular complexity index is 456. The third-order valence-electron chi connectivity index (χ3n) is 3.18. The van der Waals surface area contributed by atoms with Crippen molar-refractivity contribution in [3.05, 3.63) is 29.8 Å². The molecule has 1 aliphatic rings. The maximum atomic E-state index is 13.0. The summed E-state index contributed by atoms with van der Waals surface area (Å²) in [5.74, 6) is -2.07. The average molecular weight is 291 g/mol. The molecule has 1 aliphatic heterocycles. The Balaban J connectivity index is 0.00000180. The molecule has 1 aromatic carbocycles. The van der Waals surface area contributed by atoms with E-state index in [0.29, 0.717) is 11.7 Å². The number of amides is 1. The smallest absolute Gasteiger partial charge is 0.227 e. The minimum absolute atomic E-state index is 0. The maximum Gasteiger partial charge on any atom is 0.227 e. The van der Waals surface area contributed by atoms with Crippen molar-refractivity contribution >= 4 is 24.0 Å². The van der Waals surface area contributed by atoms with E-state index in [-0.39, 0.29) is 24.2 Å². The van der Waals surface area contributed by atoms with E-state index in [9.17, 15) is 13.6 Å². The summed E-state index contributed by atoms with van der Waals surface area (Å²) in [6.45, 7) is 2.83. The second kappa shape index (κ2) is 6.82. The fourth-order valence-corrected chi connectivity index (χ4v) is 2.19. The number of benzene rings is 1. The normalized spacial score (nSPS) is 22.5. The number of hydrogen-bond donors (Lipinski definition) is 2. The summed E-state index contributed by atoms with van der Waals surface area (Å²) in [5.41, 5.74) is 0.296. The molecule has 0 aliphatic carbocycles. The van der Waals surface area contributed by atoms with E-state index < -0.39 is 11.6 Å². The van der Waals surface area contributed by atoms with Crippen LogP contribution in [-0.2, 0) is 4.79 Å². The van der Waals surface area contributed by atoms with Gasteiger partial charge in [0.15, 0.2) is 11.6 Å². The molecule has 2 rings (SSSR count). The van der Waals surface area contributed by atoms with Crippen LogP contribution in [0.1, 0.15) is 19.8 Å². The molecule has 2 atom stereocenters. The molecule has 1 heterocycles. The Kier molecular flexibility index (Phi) is 5.69. The summed E-state index contributed by atoms with van der Waals surface area (Å²) >= 11 is 0. The van der Waals surface area contributed by atoms with Gasteiger partial charge in [-0.25, -0.2) is 8.78 Å². The van der Waals surface area contributed by atoms with Crippen molar-refractivity contribution in [3.63, 3.8) is 0 Å². The van der Waals surface area contributed by atoms with Gasteiger partial charge in [0, 0.05) is 23.7 Å². The Hall–Kier alpha value is -1.20. The fraction of sp³-hybridized carbons (Fsp3) is 0.462. The van der Waals surface area contributed by atoms with Gasteiger partial charge >= 0.3 is 0 Å². The lowest BCUT2D eigenvalue weighted by Crippen LogP contribution is -2.40. The van der Waals surface area contributed by atoms with Crippen LogP contribution < -0.4 is 10.6 Å². The standard InChI is InChI=1S/C13H16F2N2O.ClH/c1-8-6-9(4-5-16-8)13(18)17-10-2-3-11(14)12(15)7-10;/h2-3,7-9,16H,4-6H2,1H3,(H,17,18);1H/t8-,9-;/m0./s1. The molecule has 106 valence electrons. The molecule has 3 nitrogen and oxygen atoms in total. The van der Waals surface area contributed by atoms with E-state index in [1.54, 1.807) is 0 Å². The Morgan fingerprint density at radius 3 is 2.74 bits per heavy atom. The molecule has 1 fully saturated rings. The predicted octanol–water partition coefficient (Wildman–Crippen LogP) is 2.71. The van der Waals surface area contributed by atoms with Gasteiger partial charge in [-0.1, -0.05) is 0 Å². The van der Waals surface area contributed by atoms with Gasteiger partial charge in [0.1, 0.15) is 0 Å². The van der Waals surface area contributed by atoms with Crippen LogP contribution in [0.2, 0.25) is 0 Å². The third-order valence-corrected chi connectivity index (χ3v) is 3.18. The quantitative estimate of drug-likeness (QED) is 0.879. The van der Waals surface area contributed by atoms with Crippen molar-refractivity contribution in [2.75, 3.05) is 11.9 Å². The van der Waals surface area contributed by atoms with Crippen LogP contribution in [0.5, 0.6) is 0 Å². The molecular formula is C13H17ClF2N2O. The van der Waals surface area contributed by atoms with Crippen molar-refractivity contribution in [3.8, 4) is 0 Å². The van der Waals surface area contributed by atoms with Crippen molar-refractivity contribution in [2.24, 2.45) is 5.92 Å². The van der Waals surface area contributed by atoms with Crippen molar-refractivity contribution in [1.82, 2.24) is 5.32 Å². The molecule has 1 aromatic rings. The largest absolute Gasteiger partial charge is 0.326 e. The molecule has 0 spiro atoms. The number of piperidine rings is 1. The van der Waals surface area contributed by atoms with E-state index in [1.165, 1.54) is 6.07 Å². The molecule has 0 bridgehead atoms. The van der Waals surface area contributed by atoms with E-state index in [4.69, 9.17) is 0 Å². The van der Waals surface area contributed by atoms with Crippen LogP contribution in [0.15, 0.2) is 18.2 Å². The third kappa shape index (κ3) is 4.14. The summed E-state index contributed by atoms with van der Waals surface area (Å²) < 4.78 is 25.7. The van der Waals surface area contributed by atoms with E-state index >= 15 is 0 Å². The highest BCUT2D eigenvalue weighted by molar-refractivity contribution is 5.92. The molecular weight excluding hydrogens is 274 g/mol. The first kappa shape index (κ1) is 15.9. The number of hydrogen-bond acceptors (Lipinski definition) is 2. The molecule has 6 heteroatoms. The highest BCUT2D eigenvalue weighted by Crippen LogP contribution is 2.19. The first-order valence-corrected chi connectivity index (χ1v) is 6.05. The number of rotatable bonds is 2. The van der Waals surface area contributed by atoms with Crippen LogP contribution in [0.3, 0.4) is 0 Å². The van der Waals surface area contributed by atoms with Crippen LogP contribution in [0.4, 0.5) is 14.5 Å². The monoisotopic (exact) mass is 290 g/mol. The van der Waals surface area contributed by atoms with E-state index in [0.717, 1.165) is 31.5 Å². The lowest BCUT2D eigenvalue weighted by atomic mass is 9.92. The second-order valence-corrected chi connectivity index (χ2v) is 4.69. The first-order valence-electron chi connectivity index (χ1n) is 6.05. The predicted molar refractivity (Wildman–Crippen MR) is 72.4 cm³/mol. The summed E-state index contributed by atoms with van der Waals surface area (Å²) in [7, 11) is 0. The zero-order valence-corrected chi connectivity index (χ0v) is 11.4. The molecule has 19 heavy (non-hydrogen) atoms. The number of carbonyl (C=O) groups is 1. The zero-order chi connectivity index (χ0) is 13.1. The van der Waals surface area contributed by atoms with Crippen molar-refractivity contribution < 1.29 is 13.6 Å². The maximum absolute atomic E-state index is 13.0. The van der Waals surface area contributed by atoms with Crippen LogP contribution in [0, 0.1) is 17.6 Å². The van der Waals surface area contributed by atoms with Gasteiger partial charge in [-0.2, -0.15) is 0 Å². The number of anilines is 1. The van der Waals surface area contributed by atoms with Gasteiger partial charge in [-0.05, 0) is 38.4 Å². The van der Waals surface area contributed by atoms with E-state index in [1.807, 2.05) is 6.92 Å². The number of halogens is 3. The topological polar surface area (TPSA) is 41.1 Å². The van der Waals surface area contributed by atoms with Gasteiger partial charge in [0.25, 0.3) is 0 Å². The van der Waals surface area contributed by atoms with Crippen molar-refractivity contribution in [2.45, 2.75) is 25.8 Å². The molecule has 1 saturated heterocycles. The van der Waals surface area contributed by atoms with Gasteiger partial charge in [0.2, 0.25) is 5.91 Å². The number of nitrogens with one attached hydrogen (secondary N) is 2. The fourth-order valence-electron chi connectivity index (χ4n) is 2.19. The lowest BCUT2D eigenvalue weighted by molar-refractivity contribution is -0.120. The minimum atomic E-state index is -0.952. The average Bonchev–Trinajstić information content (AvgIpc) is 2.34. The van der Waals surface area contributed by atoms with Gasteiger partial charge in [-0.3, -0.25) is 4.79 Å². The van der Waals surface area contributed by atoms with Gasteiger partial charge < -0.3 is 10.6 Å². The van der Waals surface area contributed by atoms with Crippen LogP contribution in [-0.4, -0.2) is 18.5 Å². The van der Waals surface area contributed by atoms with Gasteiger partial charge in [0.05, 0.1) is 0 Å². The molecule has 0 radical (unpaired) electrons. The molecule has 0 aromatic heterocycles. The second-order valence-electron chi connectivity index (χ2n) is 4.69. The van der Waals surface area contributed by atoms with Crippen LogP contribution >= 0.6 is 12.4 Å². The molecule has 1 amide bonds. The SMILES string of the molecule is C[C@H]1C[C@@H](C(=O)Nc2ccc(F)c(F)c2)CCN1.Cl. The molecule has 0 saturated carbocycles. The highest BCUT2D eigenvalue weighted by Gasteiger charge is 2.24. The molecule has 0 unspecified atom stereocenters. The van der Waals surface area contributed by atoms with Crippen molar-refractivity contribution in [1.29, 1.82) is 0 Å². The zero-order valence-electron chi connectivity index (χ0n) is 10.6. The Morgan fingerprint density at radius 2 is 2.11 bits per heavy atom. The Labute approximate surface area is 117 Å². The summed E-state index contributed by atoms with van der Waals surface area (Å²) in [6, 6.07) is 3.67. The van der Waals surface area contributed by atoms with Crippen LogP contribution in [0.25, 0.3) is 0 Å². The van der Waals surface area contributed by atoms with E-state index in [2.05, 4.69) is 10.6 Å². The molecule has 2 N–H and O–H groups in total. The summed E-state index contributed by atoms with van der Waals surface area (Å²) in [4.78, 5) is 12.0. The first-order chi connectivity index (χ1) is 8.56. The summed E-state index contributed by atoms with van der Waals surface area (Å²) in [6.07, 6.45) is 1.52.